The van der Waals surface area contributed by atoms with Gasteiger partial charge in [0.05, 0.1) is 0 Å². The summed E-state index contributed by atoms with van der Waals surface area (Å²) in [5.41, 5.74) is 3.17. The Morgan fingerprint density at radius 2 is 1.27 bits per heavy atom. The maximum absolute atomic E-state index is 14.2. The minimum atomic E-state index is -0.986. The second kappa shape index (κ2) is 14.8. The Morgan fingerprint density at radius 1 is 0.682 bits per heavy atom. The summed E-state index contributed by atoms with van der Waals surface area (Å²) in [6.07, 6.45) is 1.63. The van der Waals surface area contributed by atoms with Crippen LogP contribution in [0.15, 0.2) is 78.9 Å². The molecule has 2 fully saturated rings. The quantitative estimate of drug-likeness (QED) is 0.192. The van der Waals surface area contributed by atoms with Gasteiger partial charge in [-0.05, 0) is 97.7 Å². The first kappa shape index (κ1) is 33.1. The Morgan fingerprint density at radius 3 is 1.86 bits per heavy atom. The van der Waals surface area contributed by atoms with Crippen LogP contribution in [-0.4, -0.2) is 44.3 Å². The van der Waals surface area contributed by atoms with E-state index in [1.54, 1.807) is 48.5 Å². The highest BCUT2D eigenvalue weighted by Gasteiger charge is 2.21. The Kier molecular flexibility index (Phi) is 11.2. The third-order valence-corrected chi connectivity index (χ3v) is 7.48. The number of rotatable bonds is 8. The fraction of sp³-hybridized carbons (Fsp3) is 0.242. The van der Waals surface area contributed by atoms with Gasteiger partial charge in [-0.25, -0.2) is 13.2 Å². The van der Waals surface area contributed by atoms with Crippen molar-refractivity contribution < 1.29 is 27.4 Å². The first-order valence-electron chi connectivity index (χ1n) is 14.0. The lowest BCUT2D eigenvalue weighted by Gasteiger charge is -2.19. The summed E-state index contributed by atoms with van der Waals surface area (Å²) in [4.78, 5) is 13.4. The highest BCUT2D eigenvalue weighted by molar-refractivity contribution is 6.05. The van der Waals surface area contributed by atoms with E-state index >= 15 is 0 Å². The number of carbonyl (C=O) groups excluding carboxylic acids is 1. The van der Waals surface area contributed by atoms with Gasteiger partial charge in [0.1, 0.15) is 29.5 Å². The molecule has 0 bridgehead atoms. The van der Waals surface area contributed by atoms with Crippen LogP contribution in [0, 0.1) is 17.5 Å². The molecule has 0 radical (unpaired) electrons. The average molecular weight is 647 g/mol. The number of carbonyl (C=O) groups is 1. The smallest absolute Gasteiger partial charge is 0.255 e. The summed E-state index contributed by atoms with van der Waals surface area (Å²) in [6, 6.07) is 20.0. The topological polar surface area (TPSA) is 71.6 Å². The number of halogens is 5. The zero-order chi connectivity index (χ0) is 29.1. The molecule has 0 aliphatic carbocycles. The van der Waals surface area contributed by atoms with Crippen LogP contribution in [-0.2, 0) is 0 Å². The SMILES string of the molecule is Cl.Cl.O=C(Nc1ccc(OC2CCNC2)c(-c2ccc(F)cc2)c1)c1ccc(O[C@H]2CCNC2)c(-c2ccc(F)c(F)c2)c1. The van der Waals surface area contributed by atoms with Gasteiger partial charge in [0.15, 0.2) is 11.6 Å². The molecule has 6 nitrogen and oxygen atoms in total. The first-order chi connectivity index (χ1) is 20.4. The van der Waals surface area contributed by atoms with E-state index in [0.29, 0.717) is 40.4 Å². The normalized spacial score (nSPS) is 17.3. The average Bonchev–Trinajstić information content (AvgIpc) is 3.71. The monoisotopic (exact) mass is 645 g/mol. The summed E-state index contributed by atoms with van der Waals surface area (Å²) in [5.74, 6) is -1.57. The van der Waals surface area contributed by atoms with E-state index in [-0.39, 0.29) is 42.8 Å². The van der Waals surface area contributed by atoms with Crippen molar-refractivity contribution in [3.8, 4) is 33.8 Å². The molecular formula is C33H32Cl2F3N3O3. The van der Waals surface area contributed by atoms with Gasteiger partial charge < -0.3 is 25.4 Å². The molecule has 0 aromatic heterocycles. The standard InChI is InChI=1S/C33H30F3N3O3.2ClH/c34-23-5-1-20(2-6-23)28-17-24(7-10-32(28)42-26-12-14-38-19-26)39-33(40)22-4-9-31(41-25-11-13-37-18-25)27(15-22)21-3-8-29(35)30(36)16-21;;/h1-10,15-17,25-26,37-38H,11-14,18-19H2,(H,39,40);2*1H/t25-,26?;;/m0../s1. The molecule has 0 spiro atoms. The number of benzene rings is 4. The summed E-state index contributed by atoms with van der Waals surface area (Å²) < 4.78 is 53.9. The fourth-order valence-electron chi connectivity index (χ4n) is 5.25. The number of amides is 1. The van der Waals surface area contributed by atoms with Crippen molar-refractivity contribution in [2.45, 2.75) is 25.0 Å². The largest absolute Gasteiger partial charge is 0.488 e. The van der Waals surface area contributed by atoms with E-state index in [0.717, 1.165) is 55.7 Å². The van der Waals surface area contributed by atoms with Crippen LogP contribution in [0.4, 0.5) is 18.9 Å². The number of anilines is 1. The van der Waals surface area contributed by atoms with E-state index < -0.39 is 17.5 Å². The van der Waals surface area contributed by atoms with Crippen LogP contribution >= 0.6 is 24.8 Å². The Hall–Kier alpha value is -3.76. The zero-order valence-corrected chi connectivity index (χ0v) is 25.2. The summed E-state index contributed by atoms with van der Waals surface area (Å²) in [7, 11) is 0. The van der Waals surface area contributed by atoms with Gasteiger partial charge in [-0.15, -0.1) is 24.8 Å². The molecule has 3 N–H and O–H groups in total. The minimum absolute atomic E-state index is 0. The molecule has 4 aromatic rings. The molecule has 44 heavy (non-hydrogen) atoms. The lowest BCUT2D eigenvalue weighted by molar-refractivity contribution is 0.102. The van der Waals surface area contributed by atoms with Gasteiger partial charge >= 0.3 is 0 Å². The van der Waals surface area contributed by atoms with E-state index in [4.69, 9.17) is 9.47 Å². The van der Waals surface area contributed by atoms with Crippen molar-refractivity contribution in [2.75, 3.05) is 31.5 Å². The lowest BCUT2D eigenvalue weighted by Crippen LogP contribution is -2.20. The van der Waals surface area contributed by atoms with Crippen LogP contribution in [0.1, 0.15) is 23.2 Å². The Balaban J connectivity index is 0.00000221. The second-order valence-corrected chi connectivity index (χ2v) is 10.5. The molecule has 2 aliphatic heterocycles. The summed E-state index contributed by atoms with van der Waals surface area (Å²) in [5, 5.41) is 9.44. The minimum Gasteiger partial charge on any atom is -0.488 e. The summed E-state index contributed by atoms with van der Waals surface area (Å²) >= 11 is 0. The molecule has 2 aliphatic rings. The van der Waals surface area contributed by atoms with Crippen molar-refractivity contribution in [3.05, 3.63) is 102 Å². The first-order valence-corrected chi connectivity index (χ1v) is 14.0. The number of hydrogen-bond acceptors (Lipinski definition) is 5. The predicted molar refractivity (Wildman–Crippen MR) is 170 cm³/mol. The molecule has 6 rings (SSSR count). The molecule has 2 heterocycles. The number of hydrogen-bond donors (Lipinski definition) is 3. The number of ether oxygens (including phenoxy) is 2. The van der Waals surface area contributed by atoms with Gasteiger partial charge in [-0.1, -0.05) is 18.2 Å². The maximum atomic E-state index is 14.2. The zero-order valence-electron chi connectivity index (χ0n) is 23.6. The van der Waals surface area contributed by atoms with Gasteiger partial charge in [-0.2, -0.15) is 0 Å². The van der Waals surface area contributed by atoms with Crippen LogP contribution in [0.2, 0.25) is 0 Å². The molecular weight excluding hydrogens is 614 g/mol. The van der Waals surface area contributed by atoms with Gasteiger partial charge in [0, 0.05) is 35.5 Å². The van der Waals surface area contributed by atoms with Crippen LogP contribution in [0.3, 0.4) is 0 Å². The van der Waals surface area contributed by atoms with Crippen molar-refractivity contribution >= 4 is 36.4 Å². The third kappa shape index (κ3) is 7.65. The van der Waals surface area contributed by atoms with Gasteiger partial charge in [0.2, 0.25) is 0 Å². The summed E-state index contributed by atoms with van der Waals surface area (Å²) in [6.45, 7) is 3.11. The maximum Gasteiger partial charge on any atom is 0.255 e. The molecule has 2 atom stereocenters. The highest BCUT2D eigenvalue weighted by atomic mass is 35.5. The van der Waals surface area contributed by atoms with Crippen molar-refractivity contribution in [1.82, 2.24) is 10.6 Å². The third-order valence-electron chi connectivity index (χ3n) is 7.48. The molecule has 11 heteroatoms. The van der Waals surface area contributed by atoms with Crippen molar-refractivity contribution in [1.29, 1.82) is 0 Å². The highest BCUT2D eigenvalue weighted by Crippen LogP contribution is 2.36. The van der Waals surface area contributed by atoms with E-state index in [9.17, 15) is 18.0 Å². The van der Waals surface area contributed by atoms with Crippen molar-refractivity contribution in [2.24, 2.45) is 0 Å². The Bertz CT molecular complexity index is 1600. The van der Waals surface area contributed by atoms with Gasteiger partial charge in [-0.3, -0.25) is 4.79 Å². The number of nitrogens with one attached hydrogen (secondary N) is 3. The van der Waals surface area contributed by atoms with E-state index in [1.165, 1.54) is 18.2 Å². The second-order valence-electron chi connectivity index (χ2n) is 10.5. The van der Waals surface area contributed by atoms with E-state index in [1.807, 2.05) is 0 Å². The Labute approximate surface area is 266 Å². The molecule has 1 amide bonds. The van der Waals surface area contributed by atoms with Crippen LogP contribution in [0.25, 0.3) is 22.3 Å². The molecule has 2 saturated heterocycles. The molecule has 232 valence electrons. The van der Waals surface area contributed by atoms with Crippen LogP contribution in [0.5, 0.6) is 11.5 Å². The lowest BCUT2D eigenvalue weighted by atomic mass is 10.0. The van der Waals surface area contributed by atoms with Gasteiger partial charge in [0.25, 0.3) is 5.91 Å². The molecule has 4 aromatic carbocycles. The van der Waals surface area contributed by atoms with Crippen LogP contribution < -0.4 is 25.4 Å². The predicted octanol–water partition coefficient (Wildman–Crippen LogP) is 7.02. The van der Waals surface area contributed by atoms with E-state index in [2.05, 4.69) is 16.0 Å². The molecule has 0 saturated carbocycles. The fourth-order valence-corrected chi connectivity index (χ4v) is 5.25. The molecule has 1 unspecified atom stereocenters. The van der Waals surface area contributed by atoms with Crippen molar-refractivity contribution in [3.63, 3.8) is 0 Å².